The van der Waals surface area contributed by atoms with E-state index < -0.39 is 47.1 Å². The maximum atomic E-state index is 14.3. The Morgan fingerprint density at radius 1 is 1.07 bits per heavy atom. The fourth-order valence-electron chi connectivity index (χ4n) is 6.79. The zero-order valence-corrected chi connectivity index (χ0v) is 26.0. The van der Waals surface area contributed by atoms with Gasteiger partial charge in [0.25, 0.3) is 5.91 Å². The van der Waals surface area contributed by atoms with Crippen LogP contribution in [0.5, 0.6) is 11.5 Å². The number of Topliss-reactive ketones (excluding diaryl/α,β-unsaturated/α-hetero) is 1. The molecule has 0 radical (unpaired) electrons. The first-order valence-electron chi connectivity index (χ1n) is 15.0. The van der Waals surface area contributed by atoms with Gasteiger partial charge < -0.3 is 42.6 Å². The number of nitrogens with one attached hydrogen (secondary N) is 1. The van der Waals surface area contributed by atoms with E-state index in [1.165, 1.54) is 16.7 Å². The Balaban J connectivity index is 1.26. The van der Waals surface area contributed by atoms with Gasteiger partial charge in [-0.2, -0.15) is 0 Å². The number of nitrogens with two attached hydrogens (primary N) is 4. The van der Waals surface area contributed by atoms with Crippen molar-refractivity contribution in [1.82, 2.24) is 10.2 Å². The number of rotatable bonds is 7. The number of carbonyl (C=O) groups excluding carboxylic acids is 4. The molecular weight excluding hydrogens is 608 g/mol. The summed E-state index contributed by atoms with van der Waals surface area (Å²) in [4.78, 5) is 53.7. The molecule has 3 aromatic rings. The van der Waals surface area contributed by atoms with E-state index in [1.807, 2.05) is 43.3 Å². The van der Waals surface area contributed by atoms with E-state index in [-0.39, 0.29) is 18.5 Å². The lowest BCUT2D eigenvalue weighted by molar-refractivity contribution is -0.136. The molecule has 13 heteroatoms. The van der Waals surface area contributed by atoms with Gasteiger partial charge >= 0.3 is 6.09 Å². The summed E-state index contributed by atoms with van der Waals surface area (Å²) in [7, 11) is 0. The van der Waals surface area contributed by atoms with Gasteiger partial charge in [0.2, 0.25) is 5.91 Å². The maximum Gasteiger partial charge on any atom is 0.405 e. The van der Waals surface area contributed by atoms with Crippen LogP contribution in [0, 0.1) is 6.92 Å². The van der Waals surface area contributed by atoms with Gasteiger partial charge in [-0.1, -0.05) is 30.3 Å². The zero-order valence-electron chi connectivity index (χ0n) is 25.2. The average molecular weight is 645 g/mol. The van der Waals surface area contributed by atoms with Crippen molar-refractivity contribution in [3.63, 3.8) is 0 Å². The highest BCUT2D eigenvalue weighted by atomic mass is 32.2. The Labute approximate surface area is 270 Å². The first-order valence-corrected chi connectivity index (χ1v) is 15.9. The lowest BCUT2D eigenvalue weighted by Gasteiger charge is -2.42. The van der Waals surface area contributed by atoms with Gasteiger partial charge in [0.15, 0.2) is 12.4 Å². The Morgan fingerprint density at radius 3 is 2.52 bits per heavy atom. The minimum Gasteiger partial charge on any atom is -0.457 e. The molecule has 3 aliphatic rings. The van der Waals surface area contributed by atoms with Gasteiger partial charge in [0.1, 0.15) is 17.0 Å². The number of para-hydroxylation sites is 1. The van der Waals surface area contributed by atoms with Crippen LogP contribution >= 0.6 is 11.8 Å². The van der Waals surface area contributed by atoms with Crippen LogP contribution in [0.4, 0.5) is 10.5 Å². The molecule has 5 unspecified atom stereocenters. The SMILES string of the molecule is Cc1cc(Oc2ccccc2)ccc1C1(N)C(=O)C(N)C2c3c1ccc(N)c3SC2C(=O)NC1CCCN(C(=O)COC(N)=O)C1. The number of piperidine rings is 1. The molecule has 2 heterocycles. The molecule has 0 spiro atoms. The summed E-state index contributed by atoms with van der Waals surface area (Å²) in [5.41, 5.74) is 26.7. The molecular formula is C33H36N6O6S. The molecule has 1 saturated heterocycles. The molecule has 1 fully saturated rings. The Bertz CT molecular complexity index is 1720. The second-order valence-corrected chi connectivity index (χ2v) is 13.0. The third-order valence-electron chi connectivity index (χ3n) is 8.95. The molecule has 9 N–H and O–H groups in total. The van der Waals surface area contributed by atoms with E-state index in [1.54, 1.807) is 24.3 Å². The predicted octanol–water partition coefficient (Wildman–Crippen LogP) is 2.24. The highest BCUT2D eigenvalue weighted by Gasteiger charge is 2.57. The number of hydrogen-bond donors (Lipinski definition) is 5. The highest BCUT2D eigenvalue weighted by molar-refractivity contribution is 8.01. The Morgan fingerprint density at radius 2 is 1.80 bits per heavy atom. The fraction of sp³-hybridized carbons (Fsp3) is 0.333. The molecule has 12 nitrogen and oxygen atoms in total. The molecule has 3 aromatic carbocycles. The van der Waals surface area contributed by atoms with Crippen LogP contribution in [0.15, 0.2) is 65.6 Å². The summed E-state index contributed by atoms with van der Waals surface area (Å²) in [5, 5.41) is 2.32. The van der Waals surface area contributed by atoms with Crippen LogP contribution in [0.2, 0.25) is 0 Å². The van der Waals surface area contributed by atoms with Crippen molar-refractivity contribution >= 4 is 41.1 Å². The van der Waals surface area contributed by atoms with Crippen LogP contribution in [-0.4, -0.2) is 65.6 Å². The maximum absolute atomic E-state index is 14.3. The largest absolute Gasteiger partial charge is 0.457 e. The number of ether oxygens (including phenoxy) is 2. The predicted molar refractivity (Wildman–Crippen MR) is 172 cm³/mol. The molecule has 6 rings (SSSR count). The van der Waals surface area contributed by atoms with Gasteiger partial charge in [-0.05, 0) is 72.4 Å². The number of ketones is 1. The monoisotopic (exact) mass is 644 g/mol. The van der Waals surface area contributed by atoms with Gasteiger partial charge in [0, 0.05) is 35.6 Å². The second kappa shape index (κ2) is 12.3. The van der Waals surface area contributed by atoms with Gasteiger partial charge in [0.05, 0.1) is 11.3 Å². The number of nitrogen functional groups attached to an aromatic ring is 1. The normalized spacial score (nSPS) is 25.0. The Kier molecular flexibility index (Phi) is 8.40. The number of nitrogens with zero attached hydrogens (tertiary/aromatic N) is 1. The van der Waals surface area contributed by atoms with Crippen LogP contribution in [-0.2, 0) is 24.7 Å². The zero-order chi connectivity index (χ0) is 32.7. The molecule has 1 aliphatic carbocycles. The molecule has 46 heavy (non-hydrogen) atoms. The molecule has 240 valence electrons. The number of thioether (sulfide) groups is 1. The standard InChI is InChI=1S/C33H36N6O6S/c1-17-14-20(45-19-7-3-2-4-8-19)9-10-21(17)33(37)22-11-12-23(34)28-25(22)26(27(35)30(33)41)29(46-28)31(42)38-18-6-5-13-39(15-18)24(40)16-44-32(36)43/h2-4,7-12,14,18,26-27,29H,5-6,13,15-16,34-35,37H2,1H3,(H2,36,43)(H,38,42). The third-order valence-corrected chi connectivity index (χ3v) is 10.4. The third kappa shape index (κ3) is 5.54. The van der Waals surface area contributed by atoms with E-state index in [0.29, 0.717) is 58.2 Å². The van der Waals surface area contributed by atoms with E-state index >= 15 is 0 Å². The minimum atomic E-state index is -1.58. The van der Waals surface area contributed by atoms with E-state index in [2.05, 4.69) is 10.1 Å². The number of hydrogen-bond acceptors (Lipinski definition) is 10. The van der Waals surface area contributed by atoms with Crippen LogP contribution in [0.1, 0.15) is 41.0 Å². The number of aryl methyl sites for hydroxylation is 1. The van der Waals surface area contributed by atoms with Crippen molar-refractivity contribution in [3.8, 4) is 11.5 Å². The number of benzene rings is 3. The van der Waals surface area contributed by atoms with Crippen molar-refractivity contribution in [1.29, 1.82) is 0 Å². The van der Waals surface area contributed by atoms with E-state index in [9.17, 15) is 19.2 Å². The molecule has 3 amide bonds. The van der Waals surface area contributed by atoms with Gasteiger partial charge in [-0.15, -0.1) is 11.8 Å². The summed E-state index contributed by atoms with van der Waals surface area (Å²) in [5.74, 6) is -0.487. The van der Waals surface area contributed by atoms with Gasteiger partial charge in [-0.3, -0.25) is 14.4 Å². The summed E-state index contributed by atoms with van der Waals surface area (Å²) < 4.78 is 10.6. The van der Waals surface area contributed by atoms with Gasteiger partial charge in [-0.25, -0.2) is 4.79 Å². The summed E-state index contributed by atoms with van der Waals surface area (Å²) in [6.45, 7) is 2.12. The van der Waals surface area contributed by atoms with Crippen molar-refractivity contribution in [3.05, 3.63) is 82.9 Å². The topological polar surface area (TPSA) is 206 Å². The minimum absolute atomic E-state index is 0.245. The summed E-state index contributed by atoms with van der Waals surface area (Å²) >= 11 is 1.28. The van der Waals surface area contributed by atoms with Crippen LogP contribution < -0.4 is 33.0 Å². The van der Waals surface area contributed by atoms with Crippen LogP contribution in [0.25, 0.3) is 0 Å². The average Bonchev–Trinajstić information content (AvgIpc) is 3.45. The molecule has 2 aliphatic heterocycles. The number of primary amides is 1. The van der Waals surface area contributed by atoms with Crippen molar-refractivity contribution in [2.24, 2.45) is 17.2 Å². The molecule has 5 atom stereocenters. The summed E-state index contributed by atoms with van der Waals surface area (Å²) in [6, 6.07) is 16.8. The summed E-state index contributed by atoms with van der Waals surface area (Å²) in [6.07, 6.45) is 0.263. The number of likely N-dealkylation sites (tertiary alicyclic amines) is 1. The van der Waals surface area contributed by atoms with E-state index in [0.717, 1.165) is 5.56 Å². The molecule has 0 bridgehead atoms. The first kappa shape index (κ1) is 31.4. The first-order chi connectivity index (χ1) is 22.0. The van der Waals surface area contributed by atoms with E-state index in [4.69, 9.17) is 27.7 Å². The van der Waals surface area contributed by atoms with Crippen molar-refractivity contribution < 1.29 is 28.7 Å². The van der Waals surface area contributed by atoms with Crippen LogP contribution in [0.3, 0.4) is 0 Å². The fourth-order valence-corrected chi connectivity index (χ4v) is 8.25. The Hall–Kier alpha value is -4.59. The van der Waals surface area contributed by atoms with Crippen molar-refractivity contribution in [2.45, 2.75) is 53.5 Å². The number of amides is 3. The molecule has 0 saturated carbocycles. The second-order valence-electron chi connectivity index (χ2n) is 11.9. The smallest absolute Gasteiger partial charge is 0.405 e. The lowest BCUT2D eigenvalue weighted by atomic mass is 9.64. The molecule has 0 aromatic heterocycles. The lowest BCUT2D eigenvalue weighted by Crippen LogP contribution is -2.61. The van der Waals surface area contributed by atoms with Crippen molar-refractivity contribution in [2.75, 3.05) is 25.4 Å². The number of carbonyl (C=O) groups is 4. The number of anilines is 1. The quantitative estimate of drug-likeness (QED) is 0.237. The highest BCUT2D eigenvalue weighted by Crippen LogP contribution is 2.56.